The number of benzene rings is 3. The monoisotopic (exact) mass is 336 g/mol. The van der Waals surface area contributed by atoms with Gasteiger partial charge in [-0.2, -0.15) is 0 Å². The first-order valence-electron chi connectivity index (χ1n) is 8.60. The Morgan fingerprint density at radius 3 is 2.42 bits per heavy atom. The van der Waals surface area contributed by atoms with Gasteiger partial charge in [-0.15, -0.1) is 0 Å². The number of rotatable bonds is 2. The van der Waals surface area contributed by atoms with Gasteiger partial charge in [0.2, 0.25) is 0 Å². The Bertz CT molecular complexity index is 1160. The molecule has 0 aliphatic carbocycles. The minimum absolute atomic E-state index is 0.00264. The average Bonchev–Trinajstić information content (AvgIpc) is 3.26. The van der Waals surface area contributed by atoms with Crippen LogP contribution < -0.4 is 4.90 Å². The maximum absolute atomic E-state index is 13.4. The Labute approximate surface area is 151 Å². The summed E-state index contributed by atoms with van der Waals surface area (Å²) in [4.78, 5) is 18.5. The maximum Gasteiger partial charge on any atom is 0.263 e. The lowest BCUT2D eigenvalue weighted by atomic mass is 10.0. The Hall–Kier alpha value is -3.59. The lowest BCUT2D eigenvalue weighted by Crippen LogP contribution is -2.20. The Balaban J connectivity index is 1.72. The van der Waals surface area contributed by atoms with Gasteiger partial charge in [0.05, 0.1) is 22.5 Å². The summed E-state index contributed by atoms with van der Waals surface area (Å²) in [6.07, 6.45) is 3.87. The fraction of sp³-hybridized carbons (Fsp3) is 0. The Morgan fingerprint density at radius 2 is 1.54 bits per heavy atom. The van der Waals surface area contributed by atoms with Gasteiger partial charge in [0.25, 0.3) is 5.91 Å². The van der Waals surface area contributed by atoms with Crippen molar-refractivity contribution in [2.45, 2.75) is 0 Å². The molecule has 4 aromatic rings. The molecule has 0 atom stereocenters. The number of carbonyl (C=O) groups is 1. The topological polar surface area (TPSA) is 36.1 Å². The standard InChI is InChI=1S/C23H16N2O/c26-23-19(15-16-7-2-1-3-8-16)18-10-4-5-11-20(18)25(23)21-12-6-9-17-13-14-24-22(17)21/h1-15,24H/b19-15-. The van der Waals surface area contributed by atoms with Gasteiger partial charge in [0.1, 0.15) is 0 Å². The molecule has 124 valence electrons. The van der Waals surface area contributed by atoms with Crippen molar-refractivity contribution in [1.29, 1.82) is 0 Å². The van der Waals surface area contributed by atoms with Crippen LogP contribution in [-0.2, 0) is 4.79 Å². The number of aromatic amines is 1. The number of hydrogen-bond donors (Lipinski definition) is 1. The number of para-hydroxylation sites is 2. The second-order valence-electron chi connectivity index (χ2n) is 6.35. The predicted molar refractivity (Wildman–Crippen MR) is 106 cm³/mol. The van der Waals surface area contributed by atoms with E-state index in [-0.39, 0.29) is 5.91 Å². The molecule has 3 aromatic carbocycles. The van der Waals surface area contributed by atoms with E-state index in [4.69, 9.17) is 0 Å². The molecule has 1 aliphatic heterocycles. The molecule has 0 unspecified atom stereocenters. The van der Waals surface area contributed by atoms with Crippen molar-refractivity contribution in [1.82, 2.24) is 4.98 Å². The van der Waals surface area contributed by atoms with Crippen LogP contribution in [-0.4, -0.2) is 10.9 Å². The molecule has 1 aromatic heterocycles. The third kappa shape index (κ3) is 2.18. The number of H-pyrrole nitrogens is 1. The minimum Gasteiger partial charge on any atom is -0.359 e. The van der Waals surface area contributed by atoms with Crippen LogP contribution in [0.25, 0.3) is 22.6 Å². The number of nitrogens with zero attached hydrogens (tertiary/aromatic N) is 1. The second kappa shape index (κ2) is 5.74. The number of amides is 1. The van der Waals surface area contributed by atoms with Crippen molar-refractivity contribution >= 4 is 39.8 Å². The quantitative estimate of drug-likeness (QED) is 0.490. The van der Waals surface area contributed by atoms with Crippen molar-refractivity contribution in [2.24, 2.45) is 0 Å². The smallest absolute Gasteiger partial charge is 0.263 e. The molecule has 1 amide bonds. The SMILES string of the molecule is O=C1/C(=C\c2ccccc2)c2ccccc2N1c1cccc2cc[nH]c12. The van der Waals surface area contributed by atoms with Crippen molar-refractivity contribution < 1.29 is 4.79 Å². The van der Waals surface area contributed by atoms with Crippen molar-refractivity contribution in [3.8, 4) is 0 Å². The Kier molecular flexibility index (Phi) is 3.25. The van der Waals surface area contributed by atoms with Gasteiger partial charge in [0, 0.05) is 17.1 Å². The molecule has 0 spiro atoms. The molecule has 0 fully saturated rings. The van der Waals surface area contributed by atoms with Crippen LogP contribution in [0, 0.1) is 0 Å². The molecule has 1 aliphatic rings. The van der Waals surface area contributed by atoms with Crippen LogP contribution in [0.1, 0.15) is 11.1 Å². The van der Waals surface area contributed by atoms with Crippen LogP contribution >= 0.6 is 0 Å². The fourth-order valence-electron chi connectivity index (χ4n) is 3.59. The number of carbonyl (C=O) groups excluding carboxylic acids is 1. The van der Waals surface area contributed by atoms with Gasteiger partial charge in [-0.3, -0.25) is 9.69 Å². The maximum atomic E-state index is 13.4. The van der Waals surface area contributed by atoms with Crippen molar-refractivity contribution in [3.05, 3.63) is 96.2 Å². The summed E-state index contributed by atoms with van der Waals surface area (Å²) in [5.74, 6) is -0.00264. The van der Waals surface area contributed by atoms with Crippen molar-refractivity contribution in [2.75, 3.05) is 4.90 Å². The number of nitrogens with one attached hydrogen (secondary N) is 1. The first-order chi connectivity index (χ1) is 12.8. The van der Waals surface area contributed by atoms with Crippen LogP contribution in [0.4, 0.5) is 11.4 Å². The molecule has 3 nitrogen and oxygen atoms in total. The van der Waals surface area contributed by atoms with E-state index < -0.39 is 0 Å². The highest BCUT2D eigenvalue weighted by atomic mass is 16.2. The molecule has 0 radical (unpaired) electrons. The normalized spacial score (nSPS) is 15.0. The summed E-state index contributed by atoms with van der Waals surface area (Å²) in [6.45, 7) is 0. The predicted octanol–water partition coefficient (Wildman–Crippen LogP) is 5.39. The molecule has 0 saturated heterocycles. The van der Waals surface area contributed by atoms with Crippen LogP contribution in [0.15, 0.2) is 85.1 Å². The molecular weight excluding hydrogens is 320 g/mol. The Morgan fingerprint density at radius 1 is 0.769 bits per heavy atom. The zero-order valence-corrected chi connectivity index (χ0v) is 14.0. The van der Waals surface area contributed by atoms with Crippen LogP contribution in [0.3, 0.4) is 0 Å². The molecule has 2 heterocycles. The summed E-state index contributed by atoms with van der Waals surface area (Å²) in [7, 11) is 0. The minimum atomic E-state index is -0.00264. The van der Waals surface area contributed by atoms with E-state index in [0.717, 1.165) is 39.0 Å². The molecule has 26 heavy (non-hydrogen) atoms. The van der Waals surface area contributed by atoms with Gasteiger partial charge in [-0.05, 0) is 29.8 Å². The largest absolute Gasteiger partial charge is 0.359 e. The van der Waals surface area contributed by atoms with E-state index in [9.17, 15) is 4.79 Å². The van der Waals surface area contributed by atoms with E-state index >= 15 is 0 Å². The van der Waals surface area contributed by atoms with Crippen molar-refractivity contribution in [3.63, 3.8) is 0 Å². The summed E-state index contributed by atoms with van der Waals surface area (Å²) < 4.78 is 0. The number of anilines is 2. The summed E-state index contributed by atoms with van der Waals surface area (Å²) in [6, 6.07) is 26.0. The zero-order chi connectivity index (χ0) is 17.5. The summed E-state index contributed by atoms with van der Waals surface area (Å²) in [5, 5.41) is 1.09. The van der Waals surface area contributed by atoms with E-state index in [1.807, 2.05) is 96.0 Å². The van der Waals surface area contributed by atoms with E-state index in [1.54, 1.807) is 0 Å². The molecular formula is C23H16N2O. The number of aromatic nitrogens is 1. The van der Waals surface area contributed by atoms with E-state index in [1.165, 1.54) is 0 Å². The van der Waals surface area contributed by atoms with Crippen LogP contribution in [0.5, 0.6) is 0 Å². The third-order valence-corrected chi connectivity index (χ3v) is 4.79. The van der Waals surface area contributed by atoms with E-state index in [2.05, 4.69) is 4.98 Å². The van der Waals surface area contributed by atoms with E-state index in [0.29, 0.717) is 0 Å². The summed E-state index contributed by atoms with van der Waals surface area (Å²) in [5.41, 5.74) is 5.46. The highest BCUT2D eigenvalue weighted by Gasteiger charge is 2.34. The van der Waals surface area contributed by atoms with Gasteiger partial charge in [0.15, 0.2) is 0 Å². The first kappa shape index (κ1) is 14.7. The molecule has 0 bridgehead atoms. The molecule has 1 N–H and O–H groups in total. The molecule has 0 saturated carbocycles. The molecule has 3 heteroatoms. The van der Waals surface area contributed by atoms with Crippen LogP contribution in [0.2, 0.25) is 0 Å². The average molecular weight is 336 g/mol. The fourth-order valence-corrected chi connectivity index (χ4v) is 3.59. The number of hydrogen-bond acceptors (Lipinski definition) is 1. The number of fused-ring (bicyclic) bond motifs is 2. The van der Waals surface area contributed by atoms with Gasteiger partial charge < -0.3 is 4.98 Å². The second-order valence-corrected chi connectivity index (χ2v) is 6.35. The van der Waals surface area contributed by atoms with Gasteiger partial charge >= 0.3 is 0 Å². The first-order valence-corrected chi connectivity index (χ1v) is 8.60. The van der Waals surface area contributed by atoms with Gasteiger partial charge in [-0.25, -0.2) is 0 Å². The summed E-state index contributed by atoms with van der Waals surface area (Å²) >= 11 is 0. The lowest BCUT2D eigenvalue weighted by molar-refractivity contribution is -0.112. The highest BCUT2D eigenvalue weighted by Crippen LogP contribution is 2.43. The lowest BCUT2D eigenvalue weighted by Gasteiger charge is -2.18. The third-order valence-electron chi connectivity index (χ3n) is 4.79. The van der Waals surface area contributed by atoms with Gasteiger partial charge in [-0.1, -0.05) is 60.7 Å². The highest BCUT2D eigenvalue weighted by molar-refractivity contribution is 6.38. The zero-order valence-electron chi connectivity index (χ0n) is 14.0. The molecule has 5 rings (SSSR count).